The number of rotatable bonds is 7. The summed E-state index contributed by atoms with van der Waals surface area (Å²) in [7, 11) is 0. The molecule has 0 bridgehead atoms. The molecule has 3 rings (SSSR count). The Labute approximate surface area is 185 Å². The third-order valence-corrected chi connectivity index (χ3v) is 5.67. The van der Waals surface area contributed by atoms with Crippen LogP contribution in [0.25, 0.3) is 0 Å². The van der Waals surface area contributed by atoms with Gasteiger partial charge in [0.05, 0.1) is 5.56 Å². The van der Waals surface area contributed by atoms with Crippen LogP contribution in [0.5, 0.6) is 5.75 Å². The zero-order chi connectivity index (χ0) is 22.4. The Hall–Kier alpha value is -2.82. The van der Waals surface area contributed by atoms with Crippen LogP contribution < -0.4 is 10.1 Å². The lowest BCUT2D eigenvalue weighted by Gasteiger charge is -2.19. The van der Waals surface area contributed by atoms with E-state index in [1.807, 2.05) is 24.3 Å². The van der Waals surface area contributed by atoms with Gasteiger partial charge in [0.2, 0.25) is 0 Å². The molecule has 2 aromatic carbocycles. The van der Waals surface area contributed by atoms with E-state index in [9.17, 15) is 9.59 Å². The molecule has 0 heterocycles. The van der Waals surface area contributed by atoms with Crippen molar-refractivity contribution in [1.82, 2.24) is 5.32 Å². The molecule has 1 fully saturated rings. The maximum Gasteiger partial charge on any atom is 0.338 e. The van der Waals surface area contributed by atoms with Gasteiger partial charge in [0, 0.05) is 6.04 Å². The van der Waals surface area contributed by atoms with Crippen molar-refractivity contribution in [3.8, 4) is 5.75 Å². The highest BCUT2D eigenvalue weighted by molar-refractivity contribution is 5.92. The maximum absolute atomic E-state index is 12.4. The molecule has 1 amide bonds. The number of hydrogen-bond donors (Lipinski definition) is 1. The summed E-state index contributed by atoms with van der Waals surface area (Å²) in [4.78, 5) is 24.6. The van der Waals surface area contributed by atoms with E-state index in [0.29, 0.717) is 12.2 Å². The lowest BCUT2D eigenvalue weighted by atomic mass is 9.87. The van der Waals surface area contributed by atoms with E-state index in [0.717, 1.165) is 37.0 Å². The Kier molecular flexibility index (Phi) is 7.37. The van der Waals surface area contributed by atoms with Gasteiger partial charge in [-0.3, -0.25) is 4.79 Å². The molecule has 5 heteroatoms. The van der Waals surface area contributed by atoms with E-state index in [1.54, 1.807) is 19.1 Å². The molecule has 0 radical (unpaired) electrons. The van der Waals surface area contributed by atoms with Crippen LogP contribution >= 0.6 is 0 Å². The van der Waals surface area contributed by atoms with Crippen molar-refractivity contribution in [1.29, 1.82) is 0 Å². The molecule has 1 atom stereocenters. The minimum absolute atomic E-state index is 0.109. The molecular formula is C26H33NO4. The average Bonchev–Trinajstić information content (AvgIpc) is 3.25. The summed E-state index contributed by atoms with van der Waals surface area (Å²) in [6, 6.07) is 15.4. The smallest absolute Gasteiger partial charge is 0.338 e. The van der Waals surface area contributed by atoms with Gasteiger partial charge in [-0.1, -0.05) is 57.9 Å². The predicted octanol–water partition coefficient (Wildman–Crippen LogP) is 5.17. The fourth-order valence-electron chi connectivity index (χ4n) is 3.63. The second kappa shape index (κ2) is 9.99. The van der Waals surface area contributed by atoms with Crippen molar-refractivity contribution in [3.63, 3.8) is 0 Å². The van der Waals surface area contributed by atoms with E-state index < -0.39 is 12.1 Å². The van der Waals surface area contributed by atoms with Crippen molar-refractivity contribution in [2.45, 2.75) is 77.5 Å². The first-order valence-electron chi connectivity index (χ1n) is 11.1. The number of carbonyl (C=O) groups is 2. The quantitative estimate of drug-likeness (QED) is 0.624. The van der Waals surface area contributed by atoms with Gasteiger partial charge in [-0.15, -0.1) is 0 Å². The van der Waals surface area contributed by atoms with Gasteiger partial charge < -0.3 is 14.8 Å². The molecule has 1 N–H and O–H groups in total. The Morgan fingerprint density at radius 1 is 1.00 bits per heavy atom. The van der Waals surface area contributed by atoms with Gasteiger partial charge in [0.25, 0.3) is 5.91 Å². The van der Waals surface area contributed by atoms with Gasteiger partial charge in [0.15, 0.2) is 6.10 Å². The van der Waals surface area contributed by atoms with E-state index in [-0.39, 0.29) is 17.4 Å². The molecule has 1 aliphatic carbocycles. The van der Waals surface area contributed by atoms with Crippen LogP contribution in [-0.2, 0) is 21.6 Å². The molecule has 5 nitrogen and oxygen atoms in total. The Balaban J connectivity index is 1.48. The van der Waals surface area contributed by atoms with E-state index in [2.05, 4.69) is 38.2 Å². The predicted molar refractivity (Wildman–Crippen MR) is 121 cm³/mol. The standard InChI is InChI=1S/C26H33NO4/c1-18(24(28)27-22-7-5-6-8-22)31-25(29)20-11-9-19(10-12-20)17-30-23-15-13-21(14-16-23)26(2,3)4/h9-16,18,22H,5-8,17H2,1-4H3,(H,27,28)/t18-/m1/s1. The highest BCUT2D eigenvalue weighted by Crippen LogP contribution is 2.24. The first-order valence-corrected chi connectivity index (χ1v) is 11.1. The molecule has 166 valence electrons. The topological polar surface area (TPSA) is 64.6 Å². The van der Waals surface area contributed by atoms with Crippen molar-refractivity contribution in [2.24, 2.45) is 0 Å². The van der Waals surface area contributed by atoms with Gasteiger partial charge in [0.1, 0.15) is 12.4 Å². The fraction of sp³-hybridized carbons (Fsp3) is 0.462. The number of benzene rings is 2. The molecule has 0 unspecified atom stereocenters. The van der Waals surface area contributed by atoms with E-state index in [1.165, 1.54) is 5.56 Å². The largest absolute Gasteiger partial charge is 0.489 e. The normalized spacial score (nSPS) is 15.4. The summed E-state index contributed by atoms with van der Waals surface area (Å²) in [5, 5.41) is 2.96. The summed E-state index contributed by atoms with van der Waals surface area (Å²) < 4.78 is 11.2. The summed E-state index contributed by atoms with van der Waals surface area (Å²) in [5.41, 5.74) is 2.73. The van der Waals surface area contributed by atoms with Gasteiger partial charge in [-0.2, -0.15) is 0 Å². The highest BCUT2D eigenvalue weighted by atomic mass is 16.5. The summed E-state index contributed by atoms with van der Waals surface area (Å²) in [6.07, 6.45) is 3.45. The van der Waals surface area contributed by atoms with Crippen LogP contribution in [0.1, 0.15) is 74.9 Å². The number of nitrogens with one attached hydrogen (secondary N) is 1. The van der Waals surface area contributed by atoms with Crippen LogP contribution in [-0.4, -0.2) is 24.0 Å². The fourth-order valence-corrected chi connectivity index (χ4v) is 3.63. The highest BCUT2D eigenvalue weighted by Gasteiger charge is 2.23. The van der Waals surface area contributed by atoms with E-state index >= 15 is 0 Å². The van der Waals surface area contributed by atoms with Crippen molar-refractivity contribution >= 4 is 11.9 Å². The van der Waals surface area contributed by atoms with Crippen LogP contribution in [0.15, 0.2) is 48.5 Å². The summed E-state index contributed by atoms with van der Waals surface area (Å²) >= 11 is 0. The lowest BCUT2D eigenvalue weighted by molar-refractivity contribution is -0.129. The van der Waals surface area contributed by atoms with Gasteiger partial charge in [-0.25, -0.2) is 4.79 Å². The van der Waals surface area contributed by atoms with Gasteiger partial charge >= 0.3 is 5.97 Å². The Bertz CT molecular complexity index is 875. The third kappa shape index (κ3) is 6.58. The minimum Gasteiger partial charge on any atom is -0.489 e. The molecule has 0 saturated heterocycles. The Morgan fingerprint density at radius 3 is 2.19 bits per heavy atom. The molecule has 1 saturated carbocycles. The van der Waals surface area contributed by atoms with Crippen LogP contribution in [0, 0.1) is 0 Å². The summed E-state index contributed by atoms with van der Waals surface area (Å²) in [6.45, 7) is 8.55. The SMILES string of the molecule is C[C@@H](OC(=O)c1ccc(COc2ccc(C(C)(C)C)cc2)cc1)C(=O)NC1CCCC1. The van der Waals surface area contributed by atoms with Crippen molar-refractivity contribution in [3.05, 3.63) is 65.2 Å². The van der Waals surface area contributed by atoms with E-state index in [4.69, 9.17) is 9.47 Å². The van der Waals surface area contributed by atoms with Crippen LogP contribution in [0.3, 0.4) is 0 Å². The molecule has 31 heavy (non-hydrogen) atoms. The zero-order valence-corrected chi connectivity index (χ0v) is 18.9. The first kappa shape index (κ1) is 22.9. The van der Waals surface area contributed by atoms with Crippen LogP contribution in [0.2, 0.25) is 0 Å². The van der Waals surface area contributed by atoms with Gasteiger partial charge in [-0.05, 0) is 60.6 Å². The van der Waals surface area contributed by atoms with Crippen LogP contribution in [0.4, 0.5) is 0 Å². The number of hydrogen-bond acceptors (Lipinski definition) is 4. The monoisotopic (exact) mass is 423 g/mol. The number of amides is 1. The molecule has 0 spiro atoms. The number of esters is 1. The average molecular weight is 424 g/mol. The lowest BCUT2D eigenvalue weighted by Crippen LogP contribution is -2.40. The molecule has 1 aliphatic rings. The summed E-state index contributed by atoms with van der Waals surface area (Å²) in [5.74, 6) is 0.0700. The zero-order valence-electron chi connectivity index (χ0n) is 18.9. The minimum atomic E-state index is -0.813. The molecule has 2 aromatic rings. The second-order valence-electron chi connectivity index (χ2n) is 9.30. The number of carbonyl (C=O) groups excluding carboxylic acids is 2. The molecule has 0 aliphatic heterocycles. The van der Waals surface area contributed by atoms with Crippen molar-refractivity contribution in [2.75, 3.05) is 0 Å². The third-order valence-electron chi connectivity index (χ3n) is 5.67. The maximum atomic E-state index is 12.4. The first-order chi connectivity index (χ1) is 14.7. The molecule has 0 aromatic heterocycles. The van der Waals surface area contributed by atoms with Crippen molar-refractivity contribution < 1.29 is 19.1 Å². The number of ether oxygens (including phenoxy) is 2. The second-order valence-corrected chi connectivity index (χ2v) is 9.30. The Morgan fingerprint density at radius 2 is 1.61 bits per heavy atom. The molecular weight excluding hydrogens is 390 g/mol.